The Balaban J connectivity index is 2.66. The number of hydrogen-bond donors (Lipinski definition) is 1. The van der Waals surface area contributed by atoms with Gasteiger partial charge in [-0.25, -0.2) is 9.97 Å². The van der Waals surface area contributed by atoms with Gasteiger partial charge in [0.1, 0.15) is 12.9 Å². The van der Waals surface area contributed by atoms with Crippen molar-refractivity contribution in [3.8, 4) is 0 Å². The highest BCUT2D eigenvalue weighted by Crippen LogP contribution is 2.01. The molecule has 0 saturated carbocycles. The minimum Gasteiger partial charge on any atom is -0.480 e. The second-order valence-corrected chi connectivity index (χ2v) is 3.10. The van der Waals surface area contributed by atoms with Crippen LogP contribution in [0, 0.1) is 0 Å². The molecule has 0 aliphatic carbocycles. The van der Waals surface area contributed by atoms with E-state index >= 15 is 0 Å². The maximum Gasteiger partial charge on any atom is 0.323 e. The highest BCUT2D eigenvalue weighted by Gasteiger charge is 2.09. The number of nitrogens with zero attached hydrogens (tertiary/aromatic N) is 4. The topological polar surface area (TPSA) is 90.0 Å². The number of aryl methyl sites for hydroxylation is 1. The molecule has 15 heavy (non-hydrogen) atoms. The SMILES string of the molecule is Cn1cnc2c(=O)n(CC(=O)O)cnc21. The second kappa shape index (κ2) is 3.19. The van der Waals surface area contributed by atoms with Crippen molar-refractivity contribution >= 4 is 17.1 Å². The average Bonchev–Trinajstić information content (AvgIpc) is 2.53. The van der Waals surface area contributed by atoms with Gasteiger partial charge in [0, 0.05) is 7.05 Å². The van der Waals surface area contributed by atoms with Gasteiger partial charge >= 0.3 is 5.97 Å². The minimum atomic E-state index is -1.09. The van der Waals surface area contributed by atoms with Crippen LogP contribution in [0.1, 0.15) is 0 Å². The third kappa shape index (κ3) is 1.47. The molecule has 0 unspecified atom stereocenters. The fourth-order valence-electron chi connectivity index (χ4n) is 1.30. The van der Waals surface area contributed by atoms with Crippen LogP contribution in [0.25, 0.3) is 11.2 Å². The molecular weight excluding hydrogens is 200 g/mol. The number of carboxylic acid groups (broad SMARTS) is 1. The van der Waals surface area contributed by atoms with E-state index < -0.39 is 18.1 Å². The molecule has 2 heterocycles. The van der Waals surface area contributed by atoms with Gasteiger partial charge in [0.05, 0.1) is 6.33 Å². The van der Waals surface area contributed by atoms with Crippen LogP contribution in [-0.2, 0) is 18.4 Å². The van der Waals surface area contributed by atoms with Crippen LogP contribution in [0.5, 0.6) is 0 Å². The molecule has 0 aliphatic heterocycles. The number of aliphatic carboxylic acids is 1. The second-order valence-electron chi connectivity index (χ2n) is 3.10. The van der Waals surface area contributed by atoms with Crippen LogP contribution >= 0.6 is 0 Å². The Morgan fingerprint density at radius 3 is 2.87 bits per heavy atom. The summed E-state index contributed by atoms with van der Waals surface area (Å²) >= 11 is 0. The van der Waals surface area contributed by atoms with E-state index in [9.17, 15) is 9.59 Å². The van der Waals surface area contributed by atoms with E-state index in [-0.39, 0.29) is 5.52 Å². The van der Waals surface area contributed by atoms with E-state index in [2.05, 4.69) is 9.97 Å². The third-order valence-corrected chi connectivity index (χ3v) is 1.99. The van der Waals surface area contributed by atoms with Gasteiger partial charge in [-0.15, -0.1) is 0 Å². The van der Waals surface area contributed by atoms with Crippen molar-refractivity contribution in [3.63, 3.8) is 0 Å². The molecule has 2 aromatic rings. The first-order chi connectivity index (χ1) is 7.09. The number of aromatic nitrogens is 4. The van der Waals surface area contributed by atoms with Gasteiger partial charge in [0.15, 0.2) is 11.2 Å². The largest absolute Gasteiger partial charge is 0.480 e. The molecule has 0 radical (unpaired) electrons. The van der Waals surface area contributed by atoms with E-state index in [1.165, 1.54) is 12.7 Å². The van der Waals surface area contributed by atoms with E-state index in [1.54, 1.807) is 11.6 Å². The van der Waals surface area contributed by atoms with Crippen LogP contribution < -0.4 is 5.56 Å². The molecular formula is C8H8N4O3. The molecule has 7 nitrogen and oxygen atoms in total. The predicted molar refractivity (Wildman–Crippen MR) is 50.4 cm³/mol. The van der Waals surface area contributed by atoms with Crippen molar-refractivity contribution < 1.29 is 9.90 Å². The van der Waals surface area contributed by atoms with Crippen molar-refractivity contribution in [2.75, 3.05) is 0 Å². The van der Waals surface area contributed by atoms with Gasteiger partial charge in [0.2, 0.25) is 0 Å². The van der Waals surface area contributed by atoms with Gasteiger partial charge in [-0.05, 0) is 0 Å². The molecule has 0 aliphatic rings. The van der Waals surface area contributed by atoms with Crippen molar-refractivity contribution in [2.24, 2.45) is 7.05 Å². The maximum atomic E-state index is 11.7. The summed E-state index contributed by atoms with van der Waals surface area (Å²) in [5.41, 5.74) is 0.186. The minimum absolute atomic E-state index is 0.182. The lowest BCUT2D eigenvalue weighted by Gasteiger charge is -2.00. The Hall–Kier alpha value is -2.18. The molecule has 0 bridgehead atoms. The highest BCUT2D eigenvalue weighted by atomic mass is 16.4. The van der Waals surface area contributed by atoms with Crippen molar-refractivity contribution in [3.05, 3.63) is 23.0 Å². The van der Waals surface area contributed by atoms with Crippen LogP contribution in [0.4, 0.5) is 0 Å². The summed E-state index contributed by atoms with van der Waals surface area (Å²) in [7, 11) is 1.71. The van der Waals surface area contributed by atoms with Gasteiger partial charge in [-0.3, -0.25) is 14.2 Å². The molecule has 0 amide bonds. The molecule has 0 fully saturated rings. The Morgan fingerprint density at radius 1 is 1.47 bits per heavy atom. The number of carboxylic acids is 1. The summed E-state index contributed by atoms with van der Waals surface area (Å²) in [5.74, 6) is -1.09. The zero-order chi connectivity index (χ0) is 11.0. The summed E-state index contributed by atoms with van der Waals surface area (Å²) in [6.07, 6.45) is 2.67. The third-order valence-electron chi connectivity index (χ3n) is 1.99. The smallest absolute Gasteiger partial charge is 0.323 e. The van der Waals surface area contributed by atoms with Gasteiger partial charge < -0.3 is 9.67 Å². The lowest BCUT2D eigenvalue weighted by Crippen LogP contribution is -2.24. The molecule has 0 saturated heterocycles. The Kier molecular flexibility index (Phi) is 2.00. The summed E-state index contributed by atoms with van der Waals surface area (Å²) in [6.45, 7) is -0.404. The fraction of sp³-hybridized carbons (Fsp3) is 0.250. The number of imidazole rings is 1. The maximum absolute atomic E-state index is 11.7. The highest BCUT2D eigenvalue weighted by molar-refractivity contribution is 5.70. The zero-order valence-electron chi connectivity index (χ0n) is 7.91. The molecule has 0 atom stereocenters. The standard InChI is InChI=1S/C8H8N4O3/c1-11-3-9-6-7(11)10-4-12(8(6)15)2-5(13)14/h3-4H,2H2,1H3,(H,13,14). The van der Waals surface area contributed by atoms with Crippen LogP contribution in [0.3, 0.4) is 0 Å². The van der Waals surface area contributed by atoms with Crippen molar-refractivity contribution in [1.29, 1.82) is 0 Å². The van der Waals surface area contributed by atoms with E-state index in [0.29, 0.717) is 5.65 Å². The lowest BCUT2D eigenvalue weighted by molar-refractivity contribution is -0.137. The summed E-state index contributed by atoms with van der Waals surface area (Å²) in [5, 5.41) is 8.56. The van der Waals surface area contributed by atoms with E-state index in [4.69, 9.17) is 5.11 Å². The number of rotatable bonds is 2. The Bertz CT molecular complexity index is 583. The molecule has 2 rings (SSSR count). The average molecular weight is 208 g/mol. The Labute approximate surface area is 83.6 Å². The summed E-state index contributed by atoms with van der Waals surface area (Å²) < 4.78 is 2.61. The van der Waals surface area contributed by atoms with Gasteiger partial charge in [-0.2, -0.15) is 0 Å². The first-order valence-corrected chi connectivity index (χ1v) is 4.18. The molecule has 1 N–H and O–H groups in total. The molecule has 0 aromatic carbocycles. The van der Waals surface area contributed by atoms with Gasteiger partial charge in [0.25, 0.3) is 5.56 Å². The first kappa shape index (κ1) is 9.38. The monoisotopic (exact) mass is 208 g/mol. The molecule has 2 aromatic heterocycles. The first-order valence-electron chi connectivity index (χ1n) is 4.18. The molecule has 7 heteroatoms. The summed E-state index contributed by atoms with van der Waals surface area (Å²) in [4.78, 5) is 29.9. The van der Waals surface area contributed by atoms with E-state index in [1.807, 2.05) is 0 Å². The lowest BCUT2D eigenvalue weighted by atomic mass is 10.5. The van der Waals surface area contributed by atoms with Crippen LogP contribution in [0.2, 0.25) is 0 Å². The van der Waals surface area contributed by atoms with Crippen LogP contribution in [-0.4, -0.2) is 30.2 Å². The molecule has 78 valence electrons. The Morgan fingerprint density at radius 2 is 2.20 bits per heavy atom. The number of hydrogen-bond acceptors (Lipinski definition) is 4. The number of fused-ring (bicyclic) bond motifs is 1. The summed E-state index contributed by atoms with van der Waals surface area (Å²) in [6, 6.07) is 0. The predicted octanol–water partition coefficient (Wildman–Crippen LogP) is -0.785. The van der Waals surface area contributed by atoms with Crippen LogP contribution in [0.15, 0.2) is 17.4 Å². The van der Waals surface area contributed by atoms with Gasteiger partial charge in [-0.1, -0.05) is 0 Å². The van der Waals surface area contributed by atoms with Crippen molar-refractivity contribution in [2.45, 2.75) is 6.54 Å². The zero-order valence-corrected chi connectivity index (χ0v) is 7.91. The quantitative estimate of drug-likeness (QED) is 0.698. The fourth-order valence-corrected chi connectivity index (χ4v) is 1.30. The van der Waals surface area contributed by atoms with Crippen molar-refractivity contribution in [1.82, 2.24) is 19.1 Å². The van der Waals surface area contributed by atoms with E-state index in [0.717, 1.165) is 4.57 Å². The molecule has 0 spiro atoms. The number of carbonyl (C=O) groups is 1. The normalized spacial score (nSPS) is 10.7.